The number of anilines is 1. The Morgan fingerprint density at radius 3 is 2.71 bits per heavy atom. The van der Waals surface area contributed by atoms with E-state index in [1.54, 1.807) is 6.07 Å². The molecule has 0 spiro atoms. The SMILES string of the molecule is Cc1ccc(NC(=O)Cn2nc3c(cc2=O)CCCCC3)cc1C. The molecule has 1 aliphatic carbocycles. The number of fused-ring (bicyclic) bond motifs is 1. The molecule has 2 aromatic rings. The summed E-state index contributed by atoms with van der Waals surface area (Å²) in [4.78, 5) is 24.5. The molecule has 126 valence electrons. The van der Waals surface area contributed by atoms with Gasteiger partial charge in [-0.1, -0.05) is 12.5 Å². The second kappa shape index (κ2) is 6.99. The molecule has 1 aliphatic rings. The van der Waals surface area contributed by atoms with Gasteiger partial charge in [-0.2, -0.15) is 5.10 Å². The maximum Gasteiger partial charge on any atom is 0.267 e. The number of carbonyl (C=O) groups is 1. The molecule has 0 aliphatic heterocycles. The molecule has 1 aromatic heterocycles. The van der Waals surface area contributed by atoms with E-state index >= 15 is 0 Å². The van der Waals surface area contributed by atoms with Crippen LogP contribution in [0.5, 0.6) is 0 Å². The summed E-state index contributed by atoms with van der Waals surface area (Å²) < 4.78 is 1.28. The van der Waals surface area contributed by atoms with E-state index in [-0.39, 0.29) is 18.0 Å². The van der Waals surface area contributed by atoms with E-state index in [4.69, 9.17) is 0 Å². The quantitative estimate of drug-likeness (QED) is 0.883. The van der Waals surface area contributed by atoms with Crippen LogP contribution in [0.2, 0.25) is 0 Å². The number of benzene rings is 1. The molecule has 1 N–H and O–H groups in total. The molecular weight excluding hydrogens is 302 g/mol. The van der Waals surface area contributed by atoms with Crippen molar-refractivity contribution in [3.8, 4) is 0 Å². The Kier molecular flexibility index (Phi) is 4.79. The third kappa shape index (κ3) is 3.72. The molecule has 0 unspecified atom stereocenters. The number of rotatable bonds is 3. The molecule has 1 aromatic carbocycles. The first-order valence-corrected chi connectivity index (χ1v) is 8.50. The van der Waals surface area contributed by atoms with E-state index in [1.807, 2.05) is 32.0 Å². The highest BCUT2D eigenvalue weighted by Gasteiger charge is 2.14. The molecule has 24 heavy (non-hydrogen) atoms. The van der Waals surface area contributed by atoms with Crippen molar-refractivity contribution in [1.29, 1.82) is 0 Å². The molecule has 0 radical (unpaired) electrons. The molecule has 0 bridgehead atoms. The van der Waals surface area contributed by atoms with Crippen molar-refractivity contribution in [3.63, 3.8) is 0 Å². The van der Waals surface area contributed by atoms with Gasteiger partial charge in [-0.15, -0.1) is 0 Å². The third-order valence-corrected chi connectivity index (χ3v) is 4.61. The Hall–Kier alpha value is -2.43. The fourth-order valence-corrected chi connectivity index (χ4v) is 3.05. The topological polar surface area (TPSA) is 64.0 Å². The predicted molar refractivity (Wildman–Crippen MR) is 94.3 cm³/mol. The Morgan fingerprint density at radius 1 is 1.12 bits per heavy atom. The number of carbonyl (C=O) groups excluding carboxylic acids is 1. The van der Waals surface area contributed by atoms with Crippen LogP contribution >= 0.6 is 0 Å². The summed E-state index contributed by atoms with van der Waals surface area (Å²) in [7, 11) is 0. The molecule has 0 saturated heterocycles. The lowest BCUT2D eigenvalue weighted by Gasteiger charge is -2.11. The minimum Gasteiger partial charge on any atom is -0.324 e. The number of nitrogens with one attached hydrogen (secondary N) is 1. The van der Waals surface area contributed by atoms with E-state index in [9.17, 15) is 9.59 Å². The van der Waals surface area contributed by atoms with Crippen molar-refractivity contribution < 1.29 is 4.79 Å². The first-order valence-electron chi connectivity index (χ1n) is 8.50. The van der Waals surface area contributed by atoms with Crippen molar-refractivity contribution in [2.75, 3.05) is 5.32 Å². The largest absolute Gasteiger partial charge is 0.324 e. The summed E-state index contributed by atoms with van der Waals surface area (Å²) in [5.41, 5.74) is 4.84. The van der Waals surface area contributed by atoms with Gasteiger partial charge in [-0.25, -0.2) is 4.68 Å². The van der Waals surface area contributed by atoms with Gasteiger partial charge in [-0.05, 0) is 68.4 Å². The molecular formula is C19H23N3O2. The van der Waals surface area contributed by atoms with Crippen molar-refractivity contribution in [2.45, 2.75) is 52.5 Å². The smallest absolute Gasteiger partial charge is 0.267 e. The molecule has 0 atom stereocenters. The molecule has 1 heterocycles. The van der Waals surface area contributed by atoms with Crippen LogP contribution in [0.25, 0.3) is 0 Å². The zero-order valence-corrected chi connectivity index (χ0v) is 14.3. The van der Waals surface area contributed by atoms with Crippen LogP contribution in [0.15, 0.2) is 29.1 Å². The molecule has 0 fully saturated rings. The van der Waals surface area contributed by atoms with E-state index < -0.39 is 0 Å². The van der Waals surface area contributed by atoms with Crippen molar-refractivity contribution >= 4 is 11.6 Å². The normalized spacial score (nSPS) is 13.9. The first-order chi connectivity index (χ1) is 11.5. The highest BCUT2D eigenvalue weighted by molar-refractivity contribution is 5.90. The van der Waals surface area contributed by atoms with Gasteiger partial charge in [0.2, 0.25) is 5.91 Å². The van der Waals surface area contributed by atoms with Gasteiger partial charge in [0.15, 0.2) is 0 Å². The van der Waals surface area contributed by atoms with Gasteiger partial charge in [0.1, 0.15) is 6.54 Å². The number of hydrogen-bond donors (Lipinski definition) is 1. The van der Waals surface area contributed by atoms with Crippen LogP contribution in [-0.2, 0) is 24.2 Å². The minimum atomic E-state index is -0.235. The van der Waals surface area contributed by atoms with E-state index in [0.29, 0.717) is 0 Å². The molecule has 5 heteroatoms. The van der Waals surface area contributed by atoms with Crippen molar-refractivity contribution in [2.24, 2.45) is 0 Å². The molecule has 3 rings (SSSR count). The van der Waals surface area contributed by atoms with Crippen LogP contribution in [0, 0.1) is 13.8 Å². The third-order valence-electron chi connectivity index (χ3n) is 4.61. The van der Waals surface area contributed by atoms with Gasteiger partial charge >= 0.3 is 0 Å². The Morgan fingerprint density at radius 2 is 1.92 bits per heavy atom. The number of aryl methyl sites for hydroxylation is 4. The summed E-state index contributed by atoms with van der Waals surface area (Å²) in [6, 6.07) is 7.42. The first kappa shape index (κ1) is 16.4. The summed E-state index contributed by atoms with van der Waals surface area (Å²) >= 11 is 0. The van der Waals surface area contributed by atoms with Crippen LogP contribution in [0.4, 0.5) is 5.69 Å². The lowest BCUT2D eigenvalue weighted by Crippen LogP contribution is -2.30. The maximum atomic E-state index is 12.3. The number of nitrogens with zero attached hydrogens (tertiary/aromatic N) is 2. The fourth-order valence-electron chi connectivity index (χ4n) is 3.05. The average Bonchev–Trinajstić information content (AvgIpc) is 2.76. The molecule has 0 saturated carbocycles. The lowest BCUT2D eigenvalue weighted by molar-refractivity contribution is -0.117. The second-order valence-electron chi connectivity index (χ2n) is 6.52. The summed E-state index contributed by atoms with van der Waals surface area (Å²) in [6.07, 6.45) is 5.15. The zero-order valence-electron chi connectivity index (χ0n) is 14.3. The van der Waals surface area contributed by atoms with Crippen LogP contribution in [0.1, 0.15) is 41.6 Å². The summed E-state index contributed by atoms with van der Waals surface area (Å²) in [5, 5.41) is 7.27. The average molecular weight is 325 g/mol. The number of amides is 1. The van der Waals surface area contributed by atoms with E-state index in [2.05, 4.69) is 10.4 Å². The Labute approximate surface area is 141 Å². The summed E-state index contributed by atoms with van der Waals surface area (Å²) in [6.45, 7) is 3.97. The van der Waals surface area contributed by atoms with Crippen molar-refractivity contribution in [3.05, 3.63) is 57.0 Å². The van der Waals surface area contributed by atoms with Gasteiger partial charge < -0.3 is 5.32 Å². The molecule has 5 nitrogen and oxygen atoms in total. The van der Waals surface area contributed by atoms with Crippen LogP contribution < -0.4 is 10.9 Å². The highest BCUT2D eigenvalue weighted by atomic mass is 16.2. The van der Waals surface area contributed by atoms with Gasteiger partial charge in [-0.3, -0.25) is 9.59 Å². The van der Waals surface area contributed by atoms with Crippen molar-refractivity contribution in [1.82, 2.24) is 9.78 Å². The van der Waals surface area contributed by atoms with Gasteiger partial charge in [0, 0.05) is 11.8 Å². The van der Waals surface area contributed by atoms with Crippen LogP contribution in [-0.4, -0.2) is 15.7 Å². The maximum absolute atomic E-state index is 12.3. The van der Waals surface area contributed by atoms with Gasteiger partial charge in [0.05, 0.1) is 5.69 Å². The second-order valence-corrected chi connectivity index (χ2v) is 6.52. The van der Waals surface area contributed by atoms with Gasteiger partial charge in [0.25, 0.3) is 5.56 Å². The number of aromatic nitrogens is 2. The summed E-state index contributed by atoms with van der Waals surface area (Å²) in [5.74, 6) is -0.235. The highest BCUT2D eigenvalue weighted by Crippen LogP contribution is 2.17. The lowest BCUT2D eigenvalue weighted by atomic mass is 10.1. The standard InChI is InChI=1S/C19H23N3O2/c1-13-8-9-16(10-14(13)2)20-18(23)12-22-19(24)11-15-6-4-3-5-7-17(15)21-22/h8-11H,3-7,12H2,1-2H3,(H,20,23). The fraction of sp³-hybridized carbons (Fsp3) is 0.421. The molecule has 1 amide bonds. The zero-order chi connectivity index (χ0) is 17.1. The van der Waals surface area contributed by atoms with E-state index in [1.165, 1.54) is 10.2 Å². The van der Waals surface area contributed by atoms with E-state index in [0.717, 1.165) is 54.6 Å². The Bertz CT molecular complexity index is 824. The minimum absolute atomic E-state index is 0.0565. The number of hydrogen-bond acceptors (Lipinski definition) is 3. The Balaban J connectivity index is 1.75. The monoisotopic (exact) mass is 325 g/mol. The van der Waals surface area contributed by atoms with Crippen LogP contribution in [0.3, 0.4) is 0 Å². The predicted octanol–water partition coefficient (Wildman–Crippen LogP) is 2.77.